The van der Waals surface area contributed by atoms with Gasteiger partial charge in [-0.2, -0.15) is 5.26 Å². The predicted molar refractivity (Wildman–Crippen MR) is 99.4 cm³/mol. The van der Waals surface area contributed by atoms with Crippen LogP contribution in [0.3, 0.4) is 0 Å². The maximum Gasteiger partial charge on any atom is 0.262 e. The number of hydrogen-bond donors (Lipinski definition) is 2. The zero-order valence-electron chi connectivity index (χ0n) is 14.2. The average molecular weight is 373 g/mol. The molecule has 0 aromatic heterocycles. The molecule has 2 aromatic rings. The van der Waals surface area contributed by atoms with Gasteiger partial charge in [0.1, 0.15) is 5.75 Å². The molecule has 26 heavy (non-hydrogen) atoms. The molecule has 0 aliphatic rings. The first-order valence-electron chi connectivity index (χ1n) is 7.95. The monoisotopic (exact) mass is 373 g/mol. The van der Waals surface area contributed by atoms with Gasteiger partial charge in [0.05, 0.1) is 17.4 Å². The van der Waals surface area contributed by atoms with Crippen LogP contribution in [0.25, 0.3) is 0 Å². The molecule has 0 aliphatic carbocycles. The van der Waals surface area contributed by atoms with Gasteiger partial charge in [0.25, 0.3) is 5.91 Å². The highest BCUT2D eigenvalue weighted by Crippen LogP contribution is 2.16. The van der Waals surface area contributed by atoms with Gasteiger partial charge in [0.2, 0.25) is 10.0 Å². The van der Waals surface area contributed by atoms with Crippen LogP contribution in [0, 0.1) is 11.3 Å². The Hall–Kier alpha value is -3.05. The van der Waals surface area contributed by atoms with E-state index < -0.39 is 10.0 Å². The third-order valence-corrected chi connectivity index (χ3v) is 4.76. The molecule has 7 nitrogen and oxygen atoms in total. The number of benzene rings is 2. The maximum atomic E-state index is 11.9. The molecule has 0 heterocycles. The molecule has 0 atom stereocenters. The van der Waals surface area contributed by atoms with Crippen molar-refractivity contribution in [1.82, 2.24) is 0 Å². The summed E-state index contributed by atoms with van der Waals surface area (Å²) in [6, 6.07) is 14.8. The minimum Gasteiger partial charge on any atom is -0.484 e. The summed E-state index contributed by atoms with van der Waals surface area (Å²) in [5, 5.41) is 11.4. The van der Waals surface area contributed by atoms with E-state index in [-0.39, 0.29) is 18.3 Å². The van der Waals surface area contributed by atoms with Gasteiger partial charge in [-0.25, -0.2) is 8.42 Å². The standard InChI is InChI=1S/C18H19N3O4S/c1-2-11-26(23,24)21-16-7-5-15(6-8-16)20-18(22)13-25-17-9-3-14(12-19)4-10-17/h3-10,21H,2,11,13H2,1H3,(H,20,22). The van der Waals surface area contributed by atoms with Crippen LogP contribution in [0.1, 0.15) is 18.9 Å². The van der Waals surface area contributed by atoms with Gasteiger partial charge in [-0.15, -0.1) is 0 Å². The van der Waals surface area contributed by atoms with E-state index in [1.807, 2.05) is 6.07 Å². The number of carbonyl (C=O) groups excluding carboxylic acids is 1. The smallest absolute Gasteiger partial charge is 0.262 e. The Morgan fingerprint density at radius 3 is 2.27 bits per heavy atom. The summed E-state index contributed by atoms with van der Waals surface area (Å²) in [6.45, 7) is 1.61. The van der Waals surface area contributed by atoms with Gasteiger partial charge in [-0.3, -0.25) is 9.52 Å². The van der Waals surface area contributed by atoms with Crippen LogP contribution in [0.5, 0.6) is 5.75 Å². The number of hydrogen-bond acceptors (Lipinski definition) is 5. The molecule has 0 aliphatic heterocycles. The first-order chi connectivity index (χ1) is 12.4. The molecule has 136 valence electrons. The molecule has 0 unspecified atom stereocenters. The quantitative estimate of drug-likeness (QED) is 0.739. The highest BCUT2D eigenvalue weighted by Gasteiger charge is 2.09. The number of amides is 1. The second-order valence-electron chi connectivity index (χ2n) is 5.47. The van der Waals surface area contributed by atoms with E-state index in [2.05, 4.69) is 10.0 Å². The molecule has 0 saturated heterocycles. The largest absolute Gasteiger partial charge is 0.484 e. The maximum absolute atomic E-state index is 11.9. The van der Waals surface area contributed by atoms with E-state index in [9.17, 15) is 13.2 Å². The normalized spacial score (nSPS) is 10.6. The predicted octanol–water partition coefficient (Wildman–Crippen LogP) is 2.73. The van der Waals surface area contributed by atoms with Gasteiger partial charge in [0.15, 0.2) is 6.61 Å². The van der Waals surface area contributed by atoms with Crippen LogP contribution in [0.2, 0.25) is 0 Å². The van der Waals surface area contributed by atoms with E-state index >= 15 is 0 Å². The van der Waals surface area contributed by atoms with E-state index in [4.69, 9.17) is 10.00 Å². The molecule has 8 heteroatoms. The van der Waals surface area contributed by atoms with Crippen molar-refractivity contribution in [2.75, 3.05) is 22.4 Å². The van der Waals surface area contributed by atoms with Crippen molar-refractivity contribution in [3.05, 3.63) is 54.1 Å². The lowest BCUT2D eigenvalue weighted by molar-refractivity contribution is -0.118. The molecule has 2 aromatic carbocycles. The Morgan fingerprint density at radius 1 is 1.08 bits per heavy atom. The second-order valence-corrected chi connectivity index (χ2v) is 7.31. The van der Waals surface area contributed by atoms with Crippen molar-refractivity contribution in [3.8, 4) is 11.8 Å². The summed E-state index contributed by atoms with van der Waals surface area (Å²) in [5.74, 6) is 0.187. The summed E-state index contributed by atoms with van der Waals surface area (Å²) in [7, 11) is -3.34. The molecule has 2 N–H and O–H groups in total. The molecule has 0 bridgehead atoms. The highest BCUT2D eigenvalue weighted by molar-refractivity contribution is 7.92. The highest BCUT2D eigenvalue weighted by atomic mass is 32.2. The number of carbonyl (C=O) groups is 1. The zero-order valence-corrected chi connectivity index (χ0v) is 15.0. The first-order valence-corrected chi connectivity index (χ1v) is 9.60. The SMILES string of the molecule is CCCS(=O)(=O)Nc1ccc(NC(=O)COc2ccc(C#N)cc2)cc1. The first kappa shape index (κ1) is 19.3. The fourth-order valence-corrected chi connectivity index (χ4v) is 3.23. The Kier molecular flexibility index (Phi) is 6.58. The van der Waals surface area contributed by atoms with Crippen molar-refractivity contribution < 1.29 is 17.9 Å². The fraction of sp³-hybridized carbons (Fsp3) is 0.222. The average Bonchev–Trinajstić information content (AvgIpc) is 2.62. The van der Waals surface area contributed by atoms with Crippen molar-refractivity contribution in [3.63, 3.8) is 0 Å². The van der Waals surface area contributed by atoms with Crippen molar-refractivity contribution in [2.45, 2.75) is 13.3 Å². The molecule has 0 fully saturated rings. The van der Waals surface area contributed by atoms with Crippen LogP contribution >= 0.6 is 0 Å². The van der Waals surface area contributed by atoms with Gasteiger partial charge >= 0.3 is 0 Å². The summed E-state index contributed by atoms with van der Waals surface area (Å²) in [5.41, 5.74) is 1.47. The van der Waals surface area contributed by atoms with Gasteiger partial charge < -0.3 is 10.1 Å². The lowest BCUT2D eigenvalue weighted by Crippen LogP contribution is -2.20. The number of sulfonamides is 1. The number of anilines is 2. The Balaban J connectivity index is 1.86. The van der Waals surface area contributed by atoms with Gasteiger partial charge in [-0.05, 0) is 55.0 Å². The molecular formula is C18H19N3O4S. The molecule has 0 saturated carbocycles. The second kappa shape index (κ2) is 8.87. The third kappa shape index (κ3) is 6.11. The molecular weight excluding hydrogens is 354 g/mol. The number of ether oxygens (including phenoxy) is 1. The van der Waals surface area contributed by atoms with E-state index in [0.29, 0.717) is 29.1 Å². The van der Waals surface area contributed by atoms with Crippen molar-refractivity contribution in [2.24, 2.45) is 0 Å². The lowest BCUT2D eigenvalue weighted by Gasteiger charge is -2.10. The fourth-order valence-electron chi connectivity index (χ4n) is 2.09. The van der Waals surface area contributed by atoms with Crippen LogP contribution in [-0.4, -0.2) is 26.7 Å². The van der Waals surface area contributed by atoms with Crippen molar-refractivity contribution >= 4 is 27.3 Å². The third-order valence-electron chi connectivity index (χ3n) is 3.27. The number of nitriles is 1. The molecule has 2 rings (SSSR count). The summed E-state index contributed by atoms with van der Waals surface area (Å²) < 4.78 is 31.2. The zero-order chi connectivity index (χ0) is 19.0. The number of rotatable bonds is 8. The molecule has 1 amide bonds. The molecule has 0 spiro atoms. The van der Waals surface area contributed by atoms with Gasteiger partial charge in [-0.1, -0.05) is 6.92 Å². The Bertz CT molecular complexity index is 886. The van der Waals surface area contributed by atoms with E-state index in [1.165, 1.54) is 0 Å². The summed E-state index contributed by atoms with van der Waals surface area (Å²) in [6.07, 6.45) is 0.530. The molecule has 0 radical (unpaired) electrons. The number of nitrogens with one attached hydrogen (secondary N) is 2. The summed E-state index contributed by atoms with van der Waals surface area (Å²) >= 11 is 0. The van der Waals surface area contributed by atoms with Crippen LogP contribution in [0.15, 0.2) is 48.5 Å². The summed E-state index contributed by atoms with van der Waals surface area (Å²) in [4.78, 5) is 11.9. The Labute approximate surface area is 152 Å². The van der Waals surface area contributed by atoms with Gasteiger partial charge in [0, 0.05) is 11.4 Å². The van der Waals surface area contributed by atoms with Crippen LogP contribution < -0.4 is 14.8 Å². The van der Waals surface area contributed by atoms with Crippen LogP contribution in [-0.2, 0) is 14.8 Å². The number of nitrogens with zero attached hydrogens (tertiary/aromatic N) is 1. The minimum atomic E-state index is -3.34. The Morgan fingerprint density at radius 2 is 1.69 bits per heavy atom. The van der Waals surface area contributed by atoms with E-state index in [1.54, 1.807) is 55.5 Å². The van der Waals surface area contributed by atoms with Crippen molar-refractivity contribution in [1.29, 1.82) is 5.26 Å². The minimum absolute atomic E-state index is 0.0537. The lowest BCUT2D eigenvalue weighted by atomic mass is 10.2. The van der Waals surface area contributed by atoms with E-state index in [0.717, 1.165) is 0 Å². The topological polar surface area (TPSA) is 108 Å². The van der Waals surface area contributed by atoms with Crippen LogP contribution in [0.4, 0.5) is 11.4 Å².